The first-order chi connectivity index (χ1) is 8.70. The normalized spacial score (nSPS) is 10.1. The zero-order valence-electron chi connectivity index (χ0n) is 10.1. The number of nitrogens with two attached hydrogens (primary N) is 2. The number of benzene rings is 1. The second kappa shape index (κ2) is 5.22. The van der Waals surface area contributed by atoms with Gasteiger partial charge in [0.2, 0.25) is 0 Å². The van der Waals surface area contributed by atoms with E-state index in [1.54, 1.807) is 0 Å². The van der Waals surface area contributed by atoms with Crippen molar-refractivity contribution in [1.29, 1.82) is 0 Å². The zero-order chi connectivity index (χ0) is 13.0. The number of hydrogen-bond acceptors (Lipinski definition) is 6. The molecule has 0 spiro atoms. The molecule has 6 nitrogen and oxygen atoms in total. The highest BCUT2D eigenvalue weighted by Gasteiger charge is 2.05. The van der Waals surface area contributed by atoms with Gasteiger partial charge in [0.25, 0.3) is 0 Å². The lowest BCUT2D eigenvalue weighted by Gasteiger charge is -2.09. The summed E-state index contributed by atoms with van der Waals surface area (Å²) < 4.78 is 5.36. The summed E-state index contributed by atoms with van der Waals surface area (Å²) in [6.07, 6.45) is 1.36. The fourth-order valence-corrected chi connectivity index (χ4v) is 1.45. The van der Waals surface area contributed by atoms with Crippen molar-refractivity contribution < 1.29 is 4.74 Å². The third kappa shape index (κ3) is 2.60. The van der Waals surface area contributed by atoms with Gasteiger partial charge in [0, 0.05) is 5.69 Å². The molecule has 1 aromatic carbocycles. The molecular weight excluding hydrogens is 230 g/mol. The largest absolute Gasteiger partial charge is 0.494 e. The smallest absolute Gasteiger partial charge is 0.159 e. The number of anilines is 4. The number of rotatable bonds is 4. The molecule has 5 N–H and O–H groups in total. The molecule has 0 aliphatic carbocycles. The first-order valence-electron chi connectivity index (χ1n) is 5.56. The van der Waals surface area contributed by atoms with Crippen LogP contribution >= 0.6 is 0 Å². The molecule has 0 saturated heterocycles. The van der Waals surface area contributed by atoms with Gasteiger partial charge in [-0.1, -0.05) is 0 Å². The molecule has 0 atom stereocenters. The maximum Gasteiger partial charge on any atom is 0.159 e. The van der Waals surface area contributed by atoms with Crippen LogP contribution in [-0.4, -0.2) is 16.6 Å². The average Bonchev–Trinajstić information content (AvgIpc) is 2.38. The van der Waals surface area contributed by atoms with Crippen LogP contribution < -0.4 is 21.5 Å². The van der Waals surface area contributed by atoms with Crippen LogP contribution in [0.5, 0.6) is 5.75 Å². The zero-order valence-corrected chi connectivity index (χ0v) is 10.1. The number of hydrogen-bond donors (Lipinski definition) is 3. The van der Waals surface area contributed by atoms with Gasteiger partial charge < -0.3 is 21.5 Å². The Bertz CT molecular complexity index is 526. The van der Waals surface area contributed by atoms with Crippen LogP contribution in [0.25, 0.3) is 0 Å². The monoisotopic (exact) mass is 245 g/mol. The molecule has 18 heavy (non-hydrogen) atoms. The van der Waals surface area contributed by atoms with Crippen molar-refractivity contribution in [1.82, 2.24) is 9.97 Å². The molecule has 1 aromatic heterocycles. The van der Waals surface area contributed by atoms with E-state index in [9.17, 15) is 0 Å². The Kier molecular flexibility index (Phi) is 3.47. The second-order valence-corrected chi connectivity index (χ2v) is 3.60. The van der Waals surface area contributed by atoms with E-state index in [0.717, 1.165) is 11.4 Å². The molecule has 0 fully saturated rings. The van der Waals surface area contributed by atoms with Crippen LogP contribution in [0.1, 0.15) is 6.92 Å². The van der Waals surface area contributed by atoms with Gasteiger partial charge in [0.15, 0.2) is 11.6 Å². The first-order valence-corrected chi connectivity index (χ1v) is 5.56. The molecule has 0 amide bonds. The summed E-state index contributed by atoms with van der Waals surface area (Å²) in [7, 11) is 0. The van der Waals surface area contributed by atoms with Crippen LogP contribution in [0.3, 0.4) is 0 Å². The number of nitrogens with one attached hydrogen (secondary N) is 1. The molecule has 0 bridgehead atoms. The van der Waals surface area contributed by atoms with Crippen molar-refractivity contribution in [2.45, 2.75) is 6.92 Å². The van der Waals surface area contributed by atoms with Gasteiger partial charge in [-0.15, -0.1) is 0 Å². The molecule has 2 aromatic rings. The lowest BCUT2D eigenvalue weighted by molar-refractivity contribution is 0.340. The van der Waals surface area contributed by atoms with Crippen molar-refractivity contribution in [3.63, 3.8) is 0 Å². The topological polar surface area (TPSA) is 99.1 Å². The predicted octanol–water partition coefficient (Wildman–Crippen LogP) is 1.78. The minimum atomic E-state index is 0.262. The molecule has 0 unspecified atom stereocenters. The Morgan fingerprint density at radius 1 is 1.17 bits per heavy atom. The maximum absolute atomic E-state index is 5.77. The summed E-state index contributed by atoms with van der Waals surface area (Å²) >= 11 is 0. The van der Waals surface area contributed by atoms with E-state index in [0.29, 0.717) is 18.1 Å². The third-order valence-corrected chi connectivity index (χ3v) is 2.34. The predicted molar refractivity (Wildman–Crippen MR) is 71.8 cm³/mol. The van der Waals surface area contributed by atoms with Crippen LogP contribution in [0.2, 0.25) is 0 Å². The highest BCUT2D eigenvalue weighted by atomic mass is 16.5. The van der Waals surface area contributed by atoms with Gasteiger partial charge in [-0.2, -0.15) is 0 Å². The molecule has 94 valence electrons. The Balaban J connectivity index is 2.16. The second-order valence-electron chi connectivity index (χ2n) is 3.60. The highest BCUT2D eigenvalue weighted by molar-refractivity contribution is 5.76. The molecule has 0 saturated carbocycles. The van der Waals surface area contributed by atoms with E-state index in [1.165, 1.54) is 6.33 Å². The van der Waals surface area contributed by atoms with Crippen LogP contribution in [0, 0.1) is 0 Å². The van der Waals surface area contributed by atoms with Crippen molar-refractivity contribution in [2.75, 3.05) is 23.4 Å². The van der Waals surface area contributed by atoms with Crippen molar-refractivity contribution in [2.24, 2.45) is 0 Å². The Morgan fingerprint density at radius 2 is 1.89 bits per heavy atom. The van der Waals surface area contributed by atoms with Crippen molar-refractivity contribution in [3.05, 3.63) is 30.6 Å². The average molecular weight is 245 g/mol. The molecule has 2 rings (SSSR count). The van der Waals surface area contributed by atoms with E-state index >= 15 is 0 Å². The summed E-state index contributed by atoms with van der Waals surface area (Å²) in [6, 6.07) is 7.49. The summed E-state index contributed by atoms with van der Waals surface area (Å²) in [5.41, 5.74) is 12.6. The molecule has 0 radical (unpaired) electrons. The standard InChI is InChI=1S/C12H15N5O/c1-2-18-9-5-3-8(4-6-9)17-12-10(13)11(14)15-7-16-12/h3-7H,2,13H2,1H3,(H3,14,15,16,17). The lowest BCUT2D eigenvalue weighted by Crippen LogP contribution is -2.04. The number of ether oxygens (including phenoxy) is 1. The SMILES string of the molecule is CCOc1ccc(Nc2ncnc(N)c2N)cc1. The van der Waals surface area contributed by atoms with Gasteiger partial charge >= 0.3 is 0 Å². The van der Waals surface area contributed by atoms with Crippen LogP contribution in [-0.2, 0) is 0 Å². The Labute approximate surface area is 105 Å². The van der Waals surface area contributed by atoms with Crippen molar-refractivity contribution >= 4 is 23.0 Å². The summed E-state index contributed by atoms with van der Waals surface area (Å²) in [5, 5.41) is 3.07. The van der Waals surface area contributed by atoms with Crippen LogP contribution in [0.4, 0.5) is 23.0 Å². The van der Waals surface area contributed by atoms with E-state index in [1.807, 2.05) is 31.2 Å². The number of nitrogen functional groups attached to an aromatic ring is 2. The summed E-state index contributed by atoms with van der Waals surface area (Å²) in [4.78, 5) is 7.84. The molecule has 1 heterocycles. The van der Waals surface area contributed by atoms with Gasteiger partial charge in [-0.3, -0.25) is 0 Å². The molecule has 0 aliphatic rings. The molecular formula is C12H15N5O. The quantitative estimate of drug-likeness (QED) is 0.759. The first kappa shape index (κ1) is 12.0. The van der Waals surface area contributed by atoms with E-state index in [-0.39, 0.29) is 5.82 Å². The number of aromatic nitrogens is 2. The minimum Gasteiger partial charge on any atom is -0.494 e. The molecule has 6 heteroatoms. The molecule has 0 aliphatic heterocycles. The summed E-state index contributed by atoms with van der Waals surface area (Å²) in [5.74, 6) is 1.57. The fraction of sp³-hybridized carbons (Fsp3) is 0.167. The van der Waals surface area contributed by atoms with E-state index < -0.39 is 0 Å². The lowest BCUT2D eigenvalue weighted by atomic mass is 10.3. The van der Waals surface area contributed by atoms with Crippen molar-refractivity contribution in [3.8, 4) is 5.75 Å². The number of nitrogens with zero attached hydrogens (tertiary/aromatic N) is 2. The minimum absolute atomic E-state index is 0.262. The van der Waals surface area contributed by atoms with E-state index in [2.05, 4.69) is 15.3 Å². The van der Waals surface area contributed by atoms with Gasteiger partial charge in [-0.05, 0) is 31.2 Å². The Morgan fingerprint density at radius 3 is 2.56 bits per heavy atom. The van der Waals surface area contributed by atoms with Gasteiger partial charge in [0.05, 0.1) is 6.61 Å². The van der Waals surface area contributed by atoms with E-state index in [4.69, 9.17) is 16.2 Å². The van der Waals surface area contributed by atoms with Crippen LogP contribution in [0.15, 0.2) is 30.6 Å². The third-order valence-electron chi connectivity index (χ3n) is 2.34. The highest BCUT2D eigenvalue weighted by Crippen LogP contribution is 2.24. The fourth-order valence-electron chi connectivity index (χ4n) is 1.45. The van der Waals surface area contributed by atoms with Gasteiger partial charge in [-0.25, -0.2) is 9.97 Å². The maximum atomic E-state index is 5.77. The van der Waals surface area contributed by atoms with Gasteiger partial charge in [0.1, 0.15) is 17.8 Å². The summed E-state index contributed by atoms with van der Waals surface area (Å²) in [6.45, 7) is 2.58. The Hall–Kier alpha value is -2.50.